The highest BCUT2D eigenvalue weighted by molar-refractivity contribution is 7.99. The average molecular weight is 382 g/mol. The van der Waals surface area contributed by atoms with Crippen LogP contribution in [0.1, 0.15) is 30.9 Å². The Labute approximate surface area is 162 Å². The van der Waals surface area contributed by atoms with Gasteiger partial charge in [-0.3, -0.25) is 9.20 Å². The predicted octanol–water partition coefficient (Wildman–Crippen LogP) is 3.47. The topological polar surface area (TPSA) is 76.4 Å². The summed E-state index contributed by atoms with van der Waals surface area (Å²) in [6.07, 6.45) is 5.01. The van der Waals surface area contributed by atoms with Crippen LogP contribution >= 0.6 is 11.8 Å². The number of nitrogens with zero attached hydrogens (tertiary/aromatic N) is 3. The van der Waals surface area contributed by atoms with E-state index in [1.165, 1.54) is 9.96 Å². The maximum absolute atomic E-state index is 12.2. The lowest BCUT2D eigenvalue weighted by Crippen LogP contribution is -2.20. The van der Waals surface area contributed by atoms with Gasteiger partial charge in [-0.15, -0.1) is 0 Å². The number of fused-ring (bicyclic) bond motifs is 1. The van der Waals surface area contributed by atoms with E-state index in [2.05, 4.69) is 22.2 Å². The van der Waals surface area contributed by atoms with E-state index >= 15 is 0 Å². The minimum absolute atomic E-state index is 0.138. The summed E-state index contributed by atoms with van der Waals surface area (Å²) in [5, 5.41) is 3.16. The zero-order valence-electron chi connectivity index (χ0n) is 15.4. The molecule has 0 saturated carbocycles. The molecule has 1 amide bonds. The summed E-state index contributed by atoms with van der Waals surface area (Å²) >= 11 is 1.15. The van der Waals surface area contributed by atoms with Crippen molar-refractivity contribution in [2.75, 3.05) is 11.1 Å². The lowest BCUT2D eigenvalue weighted by Gasteiger charge is -2.07. The summed E-state index contributed by atoms with van der Waals surface area (Å²) in [4.78, 5) is 32.6. The Morgan fingerprint density at radius 2 is 1.96 bits per heavy atom. The van der Waals surface area contributed by atoms with Crippen LogP contribution in [0.15, 0.2) is 52.5 Å². The number of amides is 1. The van der Waals surface area contributed by atoms with Gasteiger partial charge in [0.1, 0.15) is 5.65 Å². The molecule has 3 rings (SSSR count). The van der Waals surface area contributed by atoms with Crippen molar-refractivity contribution in [2.45, 2.75) is 38.3 Å². The molecule has 0 saturated heterocycles. The zero-order chi connectivity index (χ0) is 19.2. The van der Waals surface area contributed by atoms with E-state index in [1.807, 2.05) is 37.3 Å². The minimum atomic E-state index is -0.394. The van der Waals surface area contributed by atoms with Crippen LogP contribution in [0.2, 0.25) is 0 Å². The normalized spacial score (nSPS) is 10.9. The van der Waals surface area contributed by atoms with Crippen molar-refractivity contribution < 1.29 is 4.79 Å². The van der Waals surface area contributed by atoms with Crippen molar-refractivity contribution in [2.24, 2.45) is 0 Å². The highest BCUT2D eigenvalue weighted by Crippen LogP contribution is 2.16. The van der Waals surface area contributed by atoms with E-state index < -0.39 is 5.69 Å². The van der Waals surface area contributed by atoms with E-state index in [9.17, 15) is 9.59 Å². The maximum Gasteiger partial charge on any atom is 0.355 e. The standard InChI is InChI=1S/C20H22N4O2S/c1-3-4-7-15-8-10-16(11-9-15)21-17(25)13-27-19-22-18-14(2)6-5-12-24(18)20(26)23-19/h5-6,8-12H,3-4,7,13H2,1-2H3,(H,21,25). The second-order valence-corrected chi connectivity index (χ2v) is 7.25. The van der Waals surface area contributed by atoms with Gasteiger partial charge >= 0.3 is 5.69 Å². The summed E-state index contributed by atoms with van der Waals surface area (Å²) in [7, 11) is 0. The van der Waals surface area contributed by atoms with Crippen LogP contribution in [0.4, 0.5) is 5.69 Å². The lowest BCUT2D eigenvalue weighted by atomic mass is 10.1. The van der Waals surface area contributed by atoms with Crippen LogP contribution in [0.5, 0.6) is 0 Å². The second-order valence-electron chi connectivity index (χ2n) is 6.31. The molecule has 0 unspecified atom stereocenters. The summed E-state index contributed by atoms with van der Waals surface area (Å²) in [6.45, 7) is 4.05. The molecule has 0 aliphatic carbocycles. The first-order chi connectivity index (χ1) is 13.1. The Morgan fingerprint density at radius 3 is 2.70 bits per heavy atom. The number of aromatic nitrogens is 3. The van der Waals surface area contributed by atoms with Gasteiger partial charge in [-0.1, -0.05) is 43.3 Å². The Balaban J connectivity index is 1.61. The van der Waals surface area contributed by atoms with E-state index in [0.717, 1.165) is 42.3 Å². The summed E-state index contributed by atoms with van der Waals surface area (Å²) in [6, 6.07) is 11.6. The fourth-order valence-electron chi connectivity index (χ4n) is 2.68. The molecule has 0 bridgehead atoms. The average Bonchev–Trinajstić information content (AvgIpc) is 2.67. The van der Waals surface area contributed by atoms with Crippen molar-refractivity contribution in [1.82, 2.24) is 14.4 Å². The molecular formula is C20H22N4O2S. The molecule has 1 aromatic carbocycles. The quantitative estimate of drug-likeness (QED) is 0.633. The monoisotopic (exact) mass is 382 g/mol. The molecule has 1 N–H and O–H groups in total. The number of benzene rings is 1. The molecule has 0 atom stereocenters. The number of unbranched alkanes of at least 4 members (excludes halogenated alkanes) is 1. The van der Waals surface area contributed by atoms with E-state index in [1.54, 1.807) is 12.3 Å². The predicted molar refractivity (Wildman–Crippen MR) is 108 cm³/mol. The van der Waals surface area contributed by atoms with Gasteiger partial charge in [-0.2, -0.15) is 4.98 Å². The number of anilines is 1. The van der Waals surface area contributed by atoms with Crippen LogP contribution in [-0.2, 0) is 11.2 Å². The first-order valence-corrected chi connectivity index (χ1v) is 9.93. The molecule has 2 heterocycles. The van der Waals surface area contributed by atoms with Crippen LogP contribution in [0.25, 0.3) is 5.65 Å². The summed E-state index contributed by atoms with van der Waals surface area (Å²) in [5.74, 6) is -0.0195. The highest BCUT2D eigenvalue weighted by atomic mass is 32.2. The van der Waals surface area contributed by atoms with Gasteiger partial charge in [0.25, 0.3) is 0 Å². The number of carbonyl (C=O) groups excluding carboxylic acids is 1. The van der Waals surface area contributed by atoms with Crippen molar-refractivity contribution in [3.8, 4) is 0 Å². The van der Waals surface area contributed by atoms with Gasteiger partial charge in [0.2, 0.25) is 5.91 Å². The number of rotatable bonds is 7. The molecule has 0 spiro atoms. The van der Waals surface area contributed by atoms with Gasteiger partial charge in [-0.25, -0.2) is 9.78 Å². The molecule has 7 heteroatoms. The molecule has 0 aliphatic rings. The zero-order valence-corrected chi connectivity index (χ0v) is 16.3. The molecule has 3 aromatic rings. The molecule has 140 valence electrons. The van der Waals surface area contributed by atoms with Gasteiger partial charge in [0.15, 0.2) is 5.16 Å². The van der Waals surface area contributed by atoms with Crippen molar-refractivity contribution in [3.63, 3.8) is 0 Å². The van der Waals surface area contributed by atoms with Gasteiger partial charge < -0.3 is 5.32 Å². The Kier molecular flexibility index (Phi) is 6.24. The fourth-order valence-corrected chi connectivity index (χ4v) is 3.31. The van der Waals surface area contributed by atoms with Crippen LogP contribution in [0.3, 0.4) is 0 Å². The van der Waals surface area contributed by atoms with Crippen LogP contribution in [-0.4, -0.2) is 26.0 Å². The molecule has 0 aliphatic heterocycles. The molecule has 27 heavy (non-hydrogen) atoms. The van der Waals surface area contributed by atoms with Gasteiger partial charge in [0.05, 0.1) is 5.75 Å². The maximum atomic E-state index is 12.2. The number of aryl methyl sites for hydroxylation is 2. The molecule has 2 aromatic heterocycles. The first-order valence-electron chi connectivity index (χ1n) is 8.94. The number of thioether (sulfide) groups is 1. The van der Waals surface area contributed by atoms with Crippen LogP contribution in [0, 0.1) is 6.92 Å². The Hall–Kier alpha value is -2.67. The number of pyridine rings is 1. The molecule has 0 fully saturated rings. The number of hydrogen-bond donors (Lipinski definition) is 1. The van der Waals surface area contributed by atoms with E-state index in [0.29, 0.717) is 10.8 Å². The van der Waals surface area contributed by atoms with E-state index in [4.69, 9.17) is 0 Å². The number of carbonyl (C=O) groups is 1. The third kappa shape index (κ3) is 4.95. The number of nitrogens with one attached hydrogen (secondary N) is 1. The third-order valence-electron chi connectivity index (χ3n) is 4.15. The largest absolute Gasteiger partial charge is 0.355 e. The SMILES string of the molecule is CCCCc1ccc(NC(=O)CSc2nc(=O)n3cccc(C)c3n2)cc1. The summed E-state index contributed by atoms with van der Waals surface area (Å²) in [5.41, 5.74) is 3.07. The van der Waals surface area contributed by atoms with Gasteiger partial charge in [-0.05, 0) is 49.1 Å². The Morgan fingerprint density at radius 1 is 1.19 bits per heavy atom. The molecule has 0 radical (unpaired) electrons. The highest BCUT2D eigenvalue weighted by Gasteiger charge is 2.09. The van der Waals surface area contributed by atoms with Crippen molar-refractivity contribution in [1.29, 1.82) is 0 Å². The fraction of sp³-hybridized carbons (Fsp3) is 0.300. The Bertz CT molecular complexity index is 999. The second kappa shape index (κ2) is 8.81. The van der Waals surface area contributed by atoms with Crippen molar-refractivity contribution >= 4 is 29.0 Å². The van der Waals surface area contributed by atoms with E-state index in [-0.39, 0.29) is 11.7 Å². The molecule has 6 nitrogen and oxygen atoms in total. The minimum Gasteiger partial charge on any atom is -0.325 e. The first kappa shape index (κ1) is 19.1. The van der Waals surface area contributed by atoms with Crippen LogP contribution < -0.4 is 11.0 Å². The van der Waals surface area contributed by atoms with Gasteiger partial charge in [0, 0.05) is 11.9 Å². The molecular weight excluding hydrogens is 360 g/mol. The third-order valence-corrected chi connectivity index (χ3v) is 5.00. The van der Waals surface area contributed by atoms with Crippen molar-refractivity contribution in [3.05, 3.63) is 64.2 Å². The number of hydrogen-bond acceptors (Lipinski definition) is 5. The lowest BCUT2D eigenvalue weighted by molar-refractivity contribution is -0.113. The summed E-state index contributed by atoms with van der Waals surface area (Å²) < 4.78 is 1.40. The smallest absolute Gasteiger partial charge is 0.325 e.